The van der Waals surface area contributed by atoms with E-state index in [0.717, 1.165) is 23.1 Å². The summed E-state index contributed by atoms with van der Waals surface area (Å²) in [7, 11) is 4.01. The van der Waals surface area contributed by atoms with E-state index in [-0.39, 0.29) is 23.7 Å². The van der Waals surface area contributed by atoms with Crippen LogP contribution in [0.4, 0.5) is 5.69 Å². The van der Waals surface area contributed by atoms with Crippen LogP contribution in [0.3, 0.4) is 0 Å². The Balaban J connectivity index is 1.72. The molecule has 120 valence electrons. The largest absolute Gasteiger partial charge is 0.356 e. The first-order valence-corrected chi connectivity index (χ1v) is 8.25. The van der Waals surface area contributed by atoms with E-state index >= 15 is 0 Å². The highest BCUT2D eigenvalue weighted by Gasteiger charge is 2.47. The lowest BCUT2D eigenvalue weighted by Gasteiger charge is -2.10. The van der Waals surface area contributed by atoms with Crippen molar-refractivity contribution in [3.05, 3.63) is 28.7 Å². The van der Waals surface area contributed by atoms with Crippen molar-refractivity contribution in [3.8, 4) is 0 Å². The van der Waals surface area contributed by atoms with Gasteiger partial charge in [0, 0.05) is 16.7 Å². The number of hydrogen-bond donors (Lipinski definition) is 2. The highest BCUT2D eigenvalue weighted by Crippen LogP contribution is 2.39. The van der Waals surface area contributed by atoms with Gasteiger partial charge in [0.25, 0.3) is 0 Å². The van der Waals surface area contributed by atoms with E-state index < -0.39 is 0 Å². The fraction of sp³-hybridized carbons (Fsp3) is 0.500. The van der Waals surface area contributed by atoms with Crippen molar-refractivity contribution in [2.45, 2.75) is 12.8 Å². The van der Waals surface area contributed by atoms with Crippen LogP contribution in [0.1, 0.15) is 12.8 Å². The van der Waals surface area contributed by atoms with E-state index in [2.05, 4.69) is 31.5 Å². The van der Waals surface area contributed by atoms with Gasteiger partial charge in [-0.2, -0.15) is 0 Å². The molecule has 6 heteroatoms. The molecule has 22 heavy (non-hydrogen) atoms. The summed E-state index contributed by atoms with van der Waals surface area (Å²) in [6, 6.07) is 7.44. The second kappa shape index (κ2) is 7.74. The van der Waals surface area contributed by atoms with E-state index in [1.165, 1.54) is 0 Å². The summed E-state index contributed by atoms with van der Waals surface area (Å²) in [4.78, 5) is 26.1. The monoisotopic (exact) mass is 367 g/mol. The van der Waals surface area contributed by atoms with Gasteiger partial charge < -0.3 is 15.5 Å². The summed E-state index contributed by atoms with van der Waals surface area (Å²) in [6.07, 6.45) is 1.56. The molecule has 1 aliphatic carbocycles. The molecule has 2 amide bonds. The Hall–Kier alpha value is -1.40. The van der Waals surface area contributed by atoms with Crippen molar-refractivity contribution in [1.29, 1.82) is 0 Å². The Morgan fingerprint density at radius 2 is 2.00 bits per heavy atom. The minimum Gasteiger partial charge on any atom is -0.356 e. The molecule has 0 aromatic heterocycles. The molecular weight excluding hydrogens is 346 g/mol. The average molecular weight is 368 g/mol. The first-order chi connectivity index (χ1) is 10.5. The van der Waals surface area contributed by atoms with Crippen LogP contribution in [0.5, 0.6) is 0 Å². The number of halogens is 1. The molecule has 2 unspecified atom stereocenters. The number of anilines is 1. The maximum absolute atomic E-state index is 12.1. The van der Waals surface area contributed by atoms with Gasteiger partial charge >= 0.3 is 0 Å². The van der Waals surface area contributed by atoms with Gasteiger partial charge in [0.15, 0.2) is 0 Å². The fourth-order valence-corrected chi connectivity index (χ4v) is 2.71. The Kier molecular flexibility index (Phi) is 5.97. The van der Waals surface area contributed by atoms with Gasteiger partial charge in [0.1, 0.15) is 0 Å². The van der Waals surface area contributed by atoms with Crippen molar-refractivity contribution < 1.29 is 9.59 Å². The Labute approximate surface area is 139 Å². The van der Waals surface area contributed by atoms with Crippen LogP contribution in [0.15, 0.2) is 28.7 Å². The summed E-state index contributed by atoms with van der Waals surface area (Å²) in [5.74, 6) is -0.459. The van der Waals surface area contributed by atoms with Crippen molar-refractivity contribution in [3.63, 3.8) is 0 Å². The van der Waals surface area contributed by atoms with Gasteiger partial charge in [-0.25, -0.2) is 0 Å². The van der Waals surface area contributed by atoms with Crippen molar-refractivity contribution >= 4 is 33.4 Å². The van der Waals surface area contributed by atoms with Gasteiger partial charge in [0.2, 0.25) is 11.8 Å². The van der Waals surface area contributed by atoms with Crippen molar-refractivity contribution in [2.24, 2.45) is 11.8 Å². The summed E-state index contributed by atoms with van der Waals surface area (Å²) < 4.78 is 0.913. The predicted molar refractivity (Wildman–Crippen MR) is 90.5 cm³/mol. The number of hydrogen-bond acceptors (Lipinski definition) is 3. The van der Waals surface area contributed by atoms with Crippen LogP contribution in [0, 0.1) is 11.8 Å². The normalized spacial score (nSPS) is 19.8. The molecule has 0 radical (unpaired) electrons. The summed E-state index contributed by atoms with van der Waals surface area (Å²) in [5.41, 5.74) is 0.747. The fourth-order valence-electron chi connectivity index (χ4n) is 2.31. The predicted octanol–water partition coefficient (Wildman–Crippen LogP) is 2.09. The highest BCUT2D eigenvalue weighted by atomic mass is 79.9. The molecule has 0 bridgehead atoms. The van der Waals surface area contributed by atoms with Gasteiger partial charge in [-0.3, -0.25) is 9.59 Å². The maximum Gasteiger partial charge on any atom is 0.228 e. The average Bonchev–Trinajstić information content (AvgIpc) is 3.23. The first-order valence-electron chi connectivity index (χ1n) is 7.46. The molecule has 1 aliphatic rings. The lowest BCUT2D eigenvalue weighted by atomic mass is 10.2. The zero-order chi connectivity index (χ0) is 16.1. The zero-order valence-electron chi connectivity index (χ0n) is 12.9. The second-order valence-corrected chi connectivity index (χ2v) is 6.81. The Morgan fingerprint density at radius 3 is 2.68 bits per heavy atom. The van der Waals surface area contributed by atoms with Gasteiger partial charge in [-0.05, 0) is 51.7 Å². The Morgan fingerprint density at radius 1 is 1.27 bits per heavy atom. The molecule has 2 N–H and O–H groups in total. The molecule has 0 saturated heterocycles. The standard InChI is InChI=1S/C16H22BrN3O2/c1-20(2)8-4-7-18-15(21)13-10-14(13)16(22)19-12-6-3-5-11(17)9-12/h3,5-6,9,13-14H,4,7-8,10H2,1-2H3,(H,18,21)(H,19,22). The van der Waals surface area contributed by atoms with E-state index in [1.807, 2.05) is 38.4 Å². The van der Waals surface area contributed by atoms with E-state index in [0.29, 0.717) is 13.0 Å². The minimum atomic E-state index is -0.201. The SMILES string of the molecule is CN(C)CCCNC(=O)C1CC1C(=O)Nc1cccc(Br)c1. The molecule has 5 nitrogen and oxygen atoms in total. The van der Waals surface area contributed by atoms with Crippen LogP contribution in [0.25, 0.3) is 0 Å². The number of amides is 2. The first kappa shape index (κ1) is 17.0. The Bertz CT molecular complexity index is 548. The smallest absolute Gasteiger partial charge is 0.228 e. The number of rotatable bonds is 7. The van der Waals surface area contributed by atoms with Gasteiger partial charge in [-0.15, -0.1) is 0 Å². The molecular formula is C16H22BrN3O2. The summed E-state index contributed by atoms with van der Waals surface area (Å²) in [5, 5.41) is 5.76. The summed E-state index contributed by atoms with van der Waals surface area (Å²) in [6.45, 7) is 1.60. The summed E-state index contributed by atoms with van der Waals surface area (Å²) >= 11 is 3.37. The molecule has 0 heterocycles. The molecule has 1 saturated carbocycles. The quantitative estimate of drug-likeness (QED) is 0.725. The number of benzene rings is 1. The topological polar surface area (TPSA) is 61.4 Å². The van der Waals surface area contributed by atoms with Crippen molar-refractivity contribution in [1.82, 2.24) is 10.2 Å². The minimum absolute atomic E-state index is 0.00634. The highest BCUT2D eigenvalue weighted by molar-refractivity contribution is 9.10. The van der Waals surface area contributed by atoms with Crippen LogP contribution >= 0.6 is 15.9 Å². The zero-order valence-corrected chi connectivity index (χ0v) is 14.5. The number of nitrogens with zero attached hydrogens (tertiary/aromatic N) is 1. The van der Waals surface area contributed by atoms with E-state index in [9.17, 15) is 9.59 Å². The lowest BCUT2D eigenvalue weighted by molar-refractivity contribution is -0.125. The molecule has 2 rings (SSSR count). The van der Waals surface area contributed by atoms with Crippen molar-refractivity contribution in [2.75, 3.05) is 32.5 Å². The maximum atomic E-state index is 12.1. The lowest BCUT2D eigenvalue weighted by Crippen LogP contribution is -2.30. The molecule has 1 aromatic carbocycles. The third kappa shape index (κ3) is 5.10. The third-order valence-corrected chi connectivity index (χ3v) is 4.13. The van der Waals surface area contributed by atoms with Gasteiger partial charge in [-0.1, -0.05) is 22.0 Å². The van der Waals surface area contributed by atoms with Crippen LogP contribution < -0.4 is 10.6 Å². The molecule has 1 fully saturated rings. The molecule has 0 aliphatic heterocycles. The number of carbonyl (C=O) groups excluding carboxylic acids is 2. The van der Waals surface area contributed by atoms with Gasteiger partial charge in [0.05, 0.1) is 11.8 Å². The molecule has 2 atom stereocenters. The van der Waals surface area contributed by atoms with E-state index in [4.69, 9.17) is 0 Å². The number of carbonyl (C=O) groups is 2. The molecule has 0 spiro atoms. The van der Waals surface area contributed by atoms with Crippen LogP contribution in [-0.2, 0) is 9.59 Å². The van der Waals surface area contributed by atoms with Crippen LogP contribution in [0.2, 0.25) is 0 Å². The van der Waals surface area contributed by atoms with E-state index in [1.54, 1.807) is 0 Å². The second-order valence-electron chi connectivity index (χ2n) is 5.90. The number of nitrogens with one attached hydrogen (secondary N) is 2. The molecule has 1 aromatic rings. The third-order valence-electron chi connectivity index (χ3n) is 3.64. The van der Waals surface area contributed by atoms with Crippen LogP contribution in [-0.4, -0.2) is 43.9 Å².